The Bertz CT molecular complexity index is 1280. The number of hydrogen-bond acceptors (Lipinski definition) is 8. The maximum absolute atomic E-state index is 11.5. The summed E-state index contributed by atoms with van der Waals surface area (Å²) >= 11 is 6.39. The third kappa shape index (κ3) is 4.70. The summed E-state index contributed by atoms with van der Waals surface area (Å²) in [5, 5.41) is 9.09. The SMILES string of the molecule is COc1cccc([C@H]2O[C@H](CCOS(C)(=O)=O)c3nnc(C)n3-c3ccc(Cl)cc32)c1OC. The molecule has 0 bridgehead atoms. The fourth-order valence-corrected chi connectivity index (χ4v) is 4.56. The molecule has 0 spiro atoms. The number of nitrogens with zero attached hydrogens (tertiary/aromatic N) is 3. The molecule has 1 aliphatic heterocycles. The van der Waals surface area contributed by atoms with Crippen LogP contribution in [0.4, 0.5) is 0 Å². The number of halogens is 1. The van der Waals surface area contributed by atoms with Crippen molar-refractivity contribution in [3.8, 4) is 17.2 Å². The molecule has 0 aliphatic carbocycles. The summed E-state index contributed by atoms with van der Waals surface area (Å²) in [7, 11) is -0.474. The van der Waals surface area contributed by atoms with Gasteiger partial charge in [0.05, 0.1) is 32.8 Å². The first kappa shape index (κ1) is 23.5. The van der Waals surface area contributed by atoms with E-state index in [4.69, 9.17) is 30.0 Å². The zero-order valence-corrected chi connectivity index (χ0v) is 20.2. The van der Waals surface area contributed by atoms with Gasteiger partial charge in [0.2, 0.25) is 0 Å². The first-order chi connectivity index (χ1) is 15.7. The Morgan fingerprint density at radius 2 is 1.91 bits per heavy atom. The van der Waals surface area contributed by atoms with Crippen LogP contribution in [-0.2, 0) is 19.0 Å². The zero-order valence-electron chi connectivity index (χ0n) is 18.6. The van der Waals surface area contributed by atoms with Gasteiger partial charge in [0.1, 0.15) is 18.0 Å². The van der Waals surface area contributed by atoms with E-state index >= 15 is 0 Å². The van der Waals surface area contributed by atoms with Crippen LogP contribution in [0.5, 0.6) is 11.5 Å². The number of ether oxygens (including phenoxy) is 3. The summed E-state index contributed by atoms with van der Waals surface area (Å²) in [5.74, 6) is 2.28. The Morgan fingerprint density at radius 1 is 1.12 bits per heavy atom. The number of aryl methyl sites for hydroxylation is 1. The number of rotatable bonds is 7. The second kappa shape index (κ2) is 9.30. The molecular formula is C22H24ClN3O6S. The van der Waals surface area contributed by atoms with E-state index in [2.05, 4.69) is 10.2 Å². The van der Waals surface area contributed by atoms with Crippen LogP contribution in [0.3, 0.4) is 0 Å². The summed E-state index contributed by atoms with van der Waals surface area (Å²) in [6, 6.07) is 11.0. The Morgan fingerprint density at radius 3 is 2.61 bits per heavy atom. The van der Waals surface area contributed by atoms with E-state index in [0.29, 0.717) is 28.2 Å². The van der Waals surface area contributed by atoms with Crippen LogP contribution in [0.1, 0.15) is 41.4 Å². The van der Waals surface area contributed by atoms with E-state index < -0.39 is 22.3 Å². The Labute approximate surface area is 197 Å². The molecule has 0 saturated carbocycles. The van der Waals surface area contributed by atoms with Gasteiger partial charge in [-0.1, -0.05) is 23.7 Å². The lowest BCUT2D eigenvalue weighted by Gasteiger charge is -2.25. The quantitative estimate of drug-likeness (QED) is 0.458. The van der Waals surface area contributed by atoms with Crippen molar-refractivity contribution >= 4 is 21.7 Å². The predicted molar refractivity (Wildman–Crippen MR) is 122 cm³/mol. The van der Waals surface area contributed by atoms with Gasteiger partial charge in [-0.25, -0.2) is 0 Å². The number of para-hydroxylation sites is 1. The molecule has 0 saturated heterocycles. The van der Waals surface area contributed by atoms with Crippen LogP contribution in [-0.4, -0.2) is 50.3 Å². The predicted octanol–water partition coefficient (Wildman–Crippen LogP) is 3.77. The molecule has 2 aromatic carbocycles. The maximum Gasteiger partial charge on any atom is 0.264 e. The van der Waals surface area contributed by atoms with E-state index in [1.165, 1.54) is 0 Å². The van der Waals surface area contributed by atoms with Crippen molar-refractivity contribution in [3.63, 3.8) is 0 Å². The number of hydrogen-bond donors (Lipinski definition) is 0. The minimum absolute atomic E-state index is 0.0749. The minimum Gasteiger partial charge on any atom is -0.493 e. The topological polar surface area (TPSA) is 102 Å². The molecule has 1 aromatic heterocycles. The van der Waals surface area contributed by atoms with Gasteiger partial charge in [0.25, 0.3) is 10.1 Å². The van der Waals surface area contributed by atoms with Gasteiger partial charge in [-0.2, -0.15) is 8.42 Å². The van der Waals surface area contributed by atoms with Crippen molar-refractivity contribution in [2.75, 3.05) is 27.1 Å². The van der Waals surface area contributed by atoms with Gasteiger partial charge in [0.15, 0.2) is 17.3 Å². The smallest absolute Gasteiger partial charge is 0.264 e. The highest BCUT2D eigenvalue weighted by Gasteiger charge is 2.35. The Kier molecular flexibility index (Phi) is 6.62. The first-order valence-electron chi connectivity index (χ1n) is 10.2. The van der Waals surface area contributed by atoms with Gasteiger partial charge >= 0.3 is 0 Å². The second-order valence-corrected chi connectivity index (χ2v) is 9.63. The maximum atomic E-state index is 11.5. The lowest BCUT2D eigenvalue weighted by molar-refractivity contribution is -0.00768. The lowest BCUT2D eigenvalue weighted by atomic mass is 9.98. The molecule has 3 aromatic rings. The standard InChI is InChI=1S/C22H24ClN3O6S/c1-13-24-25-22-19(10-11-31-33(4,27)28)32-20(15-6-5-7-18(29-2)21(15)30-3)16-12-14(23)8-9-17(16)26(13)22/h5-9,12,19-20H,10-11H2,1-4H3/t19-,20-/m1/s1. The number of benzene rings is 2. The van der Waals surface area contributed by atoms with Gasteiger partial charge in [-0.15, -0.1) is 10.2 Å². The molecule has 0 unspecified atom stereocenters. The highest BCUT2D eigenvalue weighted by Crippen LogP contribution is 2.46. The summed E-state index contributed by atoms with van der Waals surface area (Å²) in [6.07, 6.45) is -0.00134. The molecule has 0 fully saturated rings. The molecular weight excluding hydrogens is 470 g/mol. The van der Waals surface area contributed by atoms with Crippen molar-refractivity contribution < 1.29 is 26.8 Å². The normalized spacial score (nSPS) is 17.7. The molecule has 1 aliphatic rings. The Balaban J connectivity index is 1.88. The molecule has 0 N–H and O–H groups in total. The largest absolute Gasteiger partial charge is 0.493 e. The third-order valence-electron chi connectivity index (χ3n) is 5.34. The molecule has 176 valence electrons. The van der Waals surface area contributed by atoms with E-state index in [1.54, 1.807) is 26.4 Å². The van der Waals surface area contributed by atoms with Crippen molar-refractivity contribution in [2.24, 2.45) is 0 Å². The number of methoxy groups -OCH3 is 2. The van der Waals surface area contributed by atoms with Gasteiger partial charge in [-0.3, -0.25) is 8.75 Å². The van der Waals surface area contributed by atoms with Crippen LogP contribution in [0.2, 0.25) is 5.02 Å². The molecule has 2 heterocycles. The zero-order chi connectivity index (χ0) is 23.8. The summed E-state index contributed by atoms with van der Waals surface area (Å²) in [6.45, 7) is 1.76. The van der Waals surface area contributed by atoms with Crippen molar-refractivity contribution in [3.05, 3.63) is 64.2 Å². The minimum atomic E-state index is -3.60. The van der Waals surface area contributed by atoms with Gasteiger partial charge < -0.3 is 14.2 Å². The van der Waals surface area contributed by atoms with E-state index in [1.807, 2.05) is 35.8 Å². The van der Waals surface area contributed by atoms with Crippen LogP contribution in [0.25, 0.3) is 5.69 Å². The molecule has 4 rings (SSSR count). The van der Waals surface area contributed by atoms with Crippen molar-refractivity contribution in [1.29, 1.82) is 0 Å². The number of fused-ring (bicyclic) bond motifs is 3. The molecule has 0 amide bonds. The van der Waals surface area contributed by atoms with E-state index in [9.17, 15) is 8.42 Å². The highest BCUT2D eigenvalue weighted by atomic mass is 35.5. The van der Waals surface area contributed by atoms with Gasteiger partial charge in [-0.05, 0) is 31.2 Å². The van der Waals surface area contributed by atoms with Crippen LogP contribution < -0.4 is 9.47 Å². The van der Waals surface area contributed by atoms with Crippen LogP contribution in [0, 0.1) is 6.92 Å². The number of aromatic nitrogens is 3. The van der Waals surface area contributed by atoms with Gasteiger partial charge in [0, 0.05) is 22.6 Å². The lowest BCUT2D eigenvalue weighted by Crippen LogP contribution is -2.15. The summed E-state index contributed by atoms with van der Waals surface area (Å²) in [5.41, 5.74) is 2.31. The van der Waals surface area contributed by atoms with Crippen LogP contribution >= 0.6 is 11.6 Å². The average molecular weight is 494 g/mol. The Hall–Kier alpha value is -2.66. The molecule has 9 nitrogen and oxygen atoms in total. The molecule has 0 radical (unpaired) electrons. The fourth-order valence-electron chi connectivity index (χ4n) is 3.99. The van der Waals surface area contributed by atoms with Crippen molar-refractivity contribution in [1.82, 2.24) is 14.8 Å². The molecule has 2 atom stereocenters. The monoisotopic (exact) mass is 493 g/mol. The highest BCUT2D eigenvalue weighted by molar-refractivity contribution is 7.85. The van der Waals surface area contributed by atoms with E-state index in [0.717, 1.165) is 23.1 Å². The van der Waals surface area contributed by atoms with E-state index in [-0.39, 0.29) is 13.0 Å². The first-order valence-corrected chi connectivity index (χ1v) is 12.4. The molecule has 11 heteroatoms. The van der Waals surface area contributed by atoms with Crippen molar-refractivity contribution in [2.45, 2.75) is 25.6 Å². The fraction of sp³-hybridized carbons (Fsp3) is 0.364. The third-order valence-corrected chi connectivity index (χ3v) is 6.17. The average Bonchev–Trinajstić information content (AvgIpc) is 3.09. The second-order valence-electron chi connectivity index (χ2n) is 7.55. The van der Waals surface area contributed by atoms with Crippen LogP contribution in [0.15, 0.2) is 36.4 Å². The molecule has 33 heavy (non-hydrogen) atoms. The summed E-state index contributed by atoms with van der Waals surface area (Å²) in [4.78, 5) is 0. The summed E-state index contributed by atoms with van der Waals surface area (Å²) < 4.78 is 47.6.